The van der Waals surface area contributed by atoms with Gasteiger partial charge in [-0.15, -0.1) is 0 Å². The Balaban J connectivity index is 1.41. The minimum absolute atomic E-state index is 0.172. The van der Waals surface area contributed by atoms with Crippen LogP contribution in [0.5, 0.6) is 0 Å². The number of nitrogens with zero attached hydrogens (tertiary/aromatic N) is 3. The number of amides is 1. The van der Waals surface area contributed by atoms with Crippen molar-refractivity contribution in [3.05, 3.63) is 30.1 Å². The van der Waals surface area contributed by atoms with Crippen LogP contribution in [0.4, 0.5) is 10.1 Å². The minimum Gasteiger partial charge on any atom is -0.388 e. The molecule has 154 valence electrons. The van der Waals surface area contributed by atoms with Gasteiger partial charge in [-0.25, -0.2) is 4.39 Å². The summed E-state index contributed by atoms with van der Waals surface area (Å²) in [6.07, 6.45) is 5.62. The number of aliphatic hydroxyl groups is 1. The molecule has 0 saturated carbocycles. The van der Waals surface area contributed by atoms with Crippen molar-refractivity contribution in [3.63, 3.8) is 0 Å². The van der Waals surface area contributed by atoms with Crippen LogP contribution in [0.2, 0.25) is 0 Å². The predicted molar refractivity (Wildman–Crippen MR) is 108 cm³/mol. The molecule has 0 bridgehead atoms. The van der Waals surface area contributed by atoms with Crippen LogP contribution in [0.25, 0.3) is 0 Å². The summed E-state index contributed by atoms with van der Waals surface area (Å²) in [4.78, 5) is 18.5. The Kier molecular flexibility index (Phi) is 5.61. The third kappa shape index (κ3) is 3.90. The first-order valence-corrected chi connectivity index (χ1v) is 10.7. The molecule has 3 saturated heterocycles. The van der Waals surface area contributed by atoms with Crippen LogP contribution in [-0.2, 0) is 4.79 Å². The van der Waals surface area contributed by atoms with Crippen LogP contribution in [0.15, 0.2) is 24.3 Å². The number of halogens is 1. The molecule has 4 rings (SSSR count). The average Bonchev–Trinajstić information content (AvgIpc) is 3.01. The maximum atomic E-state index is 14.1. The first-order chi connectivity index (χ1) is 13.5. The van der Waals surface area contributed by atoms with Crippen LogP contribution in [0, 0.1) is 5.82 Å². The van der Waals surface area contributed by atoms with E-state index in [1.807, 2.05) is 21.9 Å². The number of anilines is 1. The summed E-state index contributed by atoms with van der Waals surface area (Å²) < 4.78 is 14.1. The molecule has 2 atom stereocenters. The minimum atomic E-state index is -0.736. The molecule has 28 heavy (non-hydrogen) atoms. The Morgan fingerprint density at radius 2 is 1.86 bits per heavy atom. The maximum Gasteiger partial charge on any atom is 0.219 e. The number of hydrogen-bond donors (Lipinski definition) is 1. The lowest BCUT2D eigenvalue weighted by atomic mass is 9.89. The predicted octanol–water partition coefficient (Wildman–Crippen LogP) is 2.63. The number of rotatable bonds is 3. The highest BCUT2D eigenvalue weighted by Crippen LogP contribution is 2.34. The first kappa shape index (κ1) is 19.6. The van der Waals surface area contributed by atoms with E-state index in [2.05, 4.69) is 4.90 Å². The summed E-state index contributed by atoms with van der Waals surface area (Å²) in [5.74, 6) is -0.0233. The van der Waals surface area contributed by atoms with Crippen LogP contribution in [0.1, 0.15) is 45.4 Å². The Bertz CT molecular complexity index is 705. The fourth-order valence-electron chi connectivity index (χ4n) is 5.44. The van der Waals surface area contributed by atoms with Gasteiger partial charge in [-0.05, 0) is 50.8 Å². The summed E-state index contributed by atoms with van der Waals surface area (Å²) in [5.41, 5.74) is -0.104. The molecule has 0 radical (unpaired) electrons. The molecule has 0 unspecified atom stereocenters. The quantitative estimate of drug-likeness (QED) is 0.863. The fourth-order valence-corrected chi connectivity index (χ4v) is 5.44. The topological polar surface area (TPSA) is 47.0 Å². The number of benzene rings is 1. The van der Waals surface area contributed by atoms with Crippen molar-refractivity contribution in [1.82, 2.24) is 9.80 Å². The lowest BCUT2D eigenvalue weighted by Gasteiger charge is -2.43. The molecule has 3 heterocycles. The van der Waals surface area contributed by atoms with E-state index in [1.54, 1.807) is 13.0 Å². The van der Waals surface area contributed by atoms with Gasteiger partial charge in [0.15, 0.2) is 0 Å². The maximum absolute atomic E-state index is 14.1. The average molecular weight is 390 g/mol. The van der Waals surface area contributed by atoms with E-state index in [4.69, 9.17) is 0 Å². The van der Waals surface area contributed by atoms with Gasteiger partial charge in [0, 0.05) is 45.2 Å². The summed E-state index contributed by atoms with van der Waals surface area (Å²) in [6.45, 7) is 5.49. The summed E-state index contributed by atoms with van der Waals surface area (Å²) in [6, 6.07) is 7.53. The number of carbonyl (C=O) groups excluding carboxylic acids is 1. The van der Waals surface area contributed by atoms with Crippen molar-refractivity contribution >= 4 is 11.6 Å². The van der Waals surface area contributed by atoms with Crippen molar-refractivity contribution in [2.24, 2.45) is 0 Å². The van der Waals surface area contributed by atoms with Gasteiger partial charge >= 0.3 is 0 Å². The van der Waals surface area contributed by atoms with E-state index in [0.717, 1.165) is 38.8 Å². The number of β-amino-alcohol motifs (C(OH)–C–C–N with tert-alkyl or cyclic N) is 1. The zero-order valence-electron chi connectivity index (χ0n) is 16.8. The second-order valence-corrected chi connectivity index (χ2v) is 8.76. The molecule has 1 aromatic carbocycles. The zero-order valence-corrected chi connectivity index (χ0v) is 16.8. The van der Waals surface area contributed by atoms with Gasteiger partial charge < -0.3 is 14.9 Å². The van der Waals surface area contributed by atoms with E-state index < -0.39 is 5.60 Å². The van der Waals surface area contributed by atoms with E-state index in [1.165, 1.54) is 6.07 Å². The van der Waals surface area contributed by atoms with E-state index >= 15 is 0 Å². The van der Waals surface area contributed by atoms with E-state index in [-0.39, 0.29) is 11.7 Å². The monoisotopic (exact) mass is 389 g/mol. The molecule has 0 aromatic heterocycles. The van der Waals surface area contributed by atoms with E-state index in [0.29, 0.717) is 50.2 Å². The third-order valence-electron chi connectivity index (χ3n) is 6.96. The van der Waals surface area contributed by atoms with Crippen molar-refractivity contribution < 1.29 is 14.3 Å². The lowest BCUT2D eigenvalue weighted by Crippen LogP contribution is -2.55. The molecule has 3 aliphatic heterocycles. The summed E-state index contributed by atoms with van der Waals surface area (Å²) in [7, 11) is 0. The number of fused-ring (bicyclic) bond motifs is 1. The summed E-state index contributed by atoms with van der Waals surface area (Å²) >= 11 is 0. The van der Waals surface area contributed by atoms with Crippen molar-refractivity contribution in [1.29, 1.82) is 0 Å². The van der Waals surface area contributed by atoms with Crippen molar-refractivity contribution in [2.45, 2.75) is 63.1 Å². The molecule has 6 heteroatoms. The first-order valence-electron chi connectivity index (χ1n) is 10.7. The van der Waals surface area contributed by atoms with Crippen LogP contribution < -0.4 is 4.90 Å². The van der Waals surface area contributed by atoms with Gasteiger partial charge in [0.2, 0.25) is 5.91 Å². The van der Waals surface area contributed by atoms with Crippen LogP contribution >= 0.6 is 0 Å². The Morgan fingerprint density at radius 3 is 2.57 bits per heavy atom. The molecule has 5 nitrogen and oxygen atoms in total. The molecular formula is C22H32FN3O2. The number of hydrogen-bond acceptors (Lipinski definition) is 4. The van der Waals surface area contributed by atoms with Gasteiger partial charge in [-0.1, -0.05) is 18.6 Å². The standard InChI is InChI=1S/C22H32FN3O2/c1-17(27)26-13-9-20-21(26)8-4-5-12-25(20)16-22(28)10-14-24(15-11-22)19-7-3-2-6-18(19)23/h2-3,6-7,20-21,28H,4-5,8-16H2,1H3/t20-,21-/m1/s1. The fraction of sp³-hybridized carbons (Fsp3) is 0.682. The molecule has 0 spiro atoms. The van der Waals surface area contributed by atoms with Gasteiger partial charge in [-0.2, -0.15) is 0 Å². The van der Waals surface area contributed by atoms with Gasteiger partial charge in [0.25, 0.3) is 0 Å². The number of likely N-dealkylation sites (tertiary alicyclic amines) is 2. The van der Waals surface area contributed by atoms with E-state index in [9.17, 15) is 14.3 Å². The van der Waals surface area contributed by atoms with Crippen molar-refractivity contribution in [3.8, 4) is 0 Å². The SMILES string of the molecule is CC(=O)N1CC[C@@H]2[C@H]1CCCCN2CC1(O)CCN(c2ccccc2F)CC1. The number of para-hydroxylation sites is 1. The molecule has 1 aromatic rings. The largest absolute Gasteiger partial charge is 0.388 e. The third-order valence-corrected chi connectivity index (χ3v) is 6.96. The van der Waals surface area contributed by atoms with Gasteiger partial charge in [-0.3, -0.25) is 9.69 Å². The highest BCUT2D eigenvalue weighted by molar-refractivity contribution is 5.74. The lowest BCUT2D eigenvalue weighted by molar-refractivity contribution is -0.130. The molecule has 1 N–H and O–H groups in total. The molecule has 0 aliphatic carbocycles. The van der Waals surface area contributed by atoms with Gasteiger partial charge in [0.05, 0.1) is 11.3 Å². The van der Waals surface area contributed by atoms with Crippen LogP contribution in [0.3, 0.4) is 0 Å². The highest BCUT2D eigenvalue weighted by atomic mass is 19.1. The zero-order chi connectivity index (χ0) is 19.7. The van der Waals surface area contributed by atoms with Crippen LogP contribution in [-0.4, -0.2) is 71.2 Å². The molecule has 1 amide bonds. The second-order valence-electron chi connectivity index (χ2n) is 8.76. The van der Waals surface area contributed by atoms with Gasteiger partial charge in [0.1, 0.15) is 5.82 Å². The summed E-state index contributed by atoms with van der Waals surface area (Å²) in [5, 5.41) is 11.3. The number of carbonyl (C=O) groups is 1. The molecular weight excluding hydrogens is 357 g/mol. The second kappa shape index (κ2) is 7.99. The molecule has 3 aliphatic rings. The Labute approximate surface area is 167 Å². The smallest absolute Gasteiger partial charge is 0.219 e. The number of piperidine rings is 1. The molecule has 3 fully saturated rings. The highest BCUT2D eigenvalue weighted by Gasteiger charge is 2.43. The normalized spacial score (nSPS) is 28.1. The Hall–Kier alpha value is -1.66. The Morgan fingerprint density at radius 1 is 1.11 bits per heavy atom. The van der Waals surface area contributed by atoms with Crippen molar-refractivity contribution in [2.75, 3.05) is 37.6 Å².